The lowest BCUT2D eigenvalue weighted by molar-refractivity contribution is -0.139. The molecule has 3 rings (SSSR count). The van der Waals surface area contributed by atoms with E-state index in [-0.39, 0.29) is 6.04 Å². The minimum atomic E-state index is -0.503. The molecule has 2 amide bonds. The molecule has 1 aliphatic carbocycles. The summed E-state index contributed by atoms with van der Waals surface area (Å²) in [5, 5.41) is 5.62. The maximum absolute atomic E-state index is 12.0. The number of piperazine rings is 1. The normalized spacial score (nSPS) is 18.3. The Balaban J connectivity index is 1.30. The standard InChI is InChI=1S/C22H34N4O3/c1-29-20-11-6-5-10-19(20)26-16-14-25(15-17-26)13-7-12-23-21(27)22(28)24-18-8-3-2-4-9-18/h5-6,10-11,18H,2-4,7-9,12-17H2,1H3,(H,23,27)(H,24,28). The van der Waals surface area contributed by atoms with Gasteiger partial charge in [-0.1, -0.05) is 31.4 Å². The lowest BCUT2D eigenvalue weighted by Gasteiger charge is -2.36. The van der Waals surface area contributed by atoms with Gasteiger partial charge in [0, 0.05) is 38.8 Å². The first kappa shape index (κ1) is 21.4. The highest BCUT2D eigenvalue weighted by atomic mass is 16.5. The number of carbonyl (C=O) groups excluding carboxylic acids is 2. The molecule has 2 N–H and O–H groups in total. The van der Waals surface area contributed by atoms with Gasteiger partial charge in [-0.05, 0) is 37.9 Å². The highest BCUT2D eigenvalue weighted by Gasteiger charge is 2.21. The van der Waals surface area contributed by atoms with E-state index in [0.29, 0.717) is 6.54 Å². The Morgan fingerprint density at radius 3 is 2.48 bits per heavy atom. The number of hydrogen-bond donors (Lipinski definition) is 2. The van der Waals surface area contributed by atoms with Gasteiger partial charge in [0.1, 0.15) is 5.75 Å². The molecule has 0 unspecified atom stereocenters. The SMILES string of the molecule is COc1ccccc1N1CCN(CCCNC(=O)C(=O)NC2CCCCC2)CC1. The van der Waals surface area contributed by atoms with E-state index in [2.05, 4.69) is 26.5 Å². The van der Waals surface area contributed by atoms with Crippen LogP contribution in [0.1, 0.15) is 38.5 Å². The average Bonchev–Trinajstić information content (AvgIpc) is 2.77. The molecule has 1 saturated heterocycles. The van der Waals surface area contributed by atoms with Crippen molar-refractivity contribution in [1.29, 1.82) is 0 Å². The Morgan fingerprint density at radius 2 is 1.76 bits per heavy atom. The molecule has 1 heterocycles. The third-order valence-corrected chi connectivity index (χ3v) is 5.88. The van der Waals surface area contributed by atoms with E-state index in [9.17, 15) is 9.59 Å². The van der Waals surface area contributed by atoms with Gasteiger partial charge in [0.25, 0.3) is 0 Å². The second-order valence-corrected chi connectivity index (χ2v) is 7.92. The minimum Gasteiger partial charge on any atom is -0.495 e. The van der Waals surface area contributed by atoms with Crippen LogP contribution >= 0.6 is 0 Å². The third kappa shape index (κ3) is 6.35. The highest BCUT2D eigenvalue weighted by Crippen LogP contribution is 2.28. The van der Waals surface area contributed by atoms with Crippen molar-refractivity contribution < 1.29 is 14.3 Å². The summed E-state index contributed by atoms with van der Waals surface area (Å²) in [6.07, 6.45) is 6.32. The van der Waals surface area contributed by atoms with Gasteiger partial charge in [-0.25, -0.2) is 0 Å². The second kappa shape index (κ2) is 11.0. The first-order valence-corrected chi connectivity index (χ1v) is 10.9. The van der Waals surface area contributed by atoms with Gasteiger partial charge in [-0.15, -0.1) is 0 Å². The van der Waals surface area contributed by atoms with Crippen LogP contribution in [0.3, 0.4) is 0 Å². The average molecular weight is 403 g/mol. The summed E-state index contributed by atoms with van der Waals surface area (Å²) >= 11 is 0. The minimum absolute atomic E-state index is 0.168. The third-order valence-electron chi connectivity index (χ3n) is 5.88. The zero-order chi connectivity index (χ0) is 20.5. The topological polar surface area (TPSA) is 73.9 Å². The van der Waals surface area contributed by atoms with Crippen molar-refractivity contribution in [3.8, 4) is 5.75 Å². The number of hydrogen-bond acceptors (Lipinski definition) is 5. The fraction of sp³-hybridized carbons (Fsp3) is 0.636. The predicted octanol–water partition coefficient (Wildman–Crippen LogP) is 1.77. The van der Waals surface area contributed by atoms with Crippen LogP contribution < -0.4 is 20.3 Å². The molecule has 0 bridgehead atoms. The summed E-state index contributed by atoms with van der Waals surface area (Å²) in [7, 11) is 1.71. The van der Waals surface area contributed by atoms with Gasteiger partial charge < -0.3 is 20.3 Å². The summed E-state index contributed by atoms with van der Waals surface area (Å²) < 4.78 is 5.47. The Hall–Kier alpha value is -2.28. The number of para-hydroxylation sites is 2. The van der Waals surface area contributed by atoms with Crippen LogP contribution in [0.5, 0.6) is 5.75 Å². The Morgan fingerprint density at radius 1 is 1.03 bits per heavy atom. The lowest BCUT2D eigenvalue weighted by atomic mass is 9.95. The number of nitrogens with zero attached hydrogens (tertiary/aromatic N) is 2. The number of ether oxygens (including phenoxy) is 1. The maximum Gasteiger partial charge on any atom is 0.309 e. The van der Waals surface area contributed by atoms with Crippen molar-refractivity contribution in [3.63, 3.8) is 0 Å². The first-order valence-electron chi connectivity index (χ1n) is 10.9. The van der Waals surface area contributed by atoms with E-state index in [4.69, 9.17) is 4.74 Å². The molecule has 1 aromatic carbocycles. The van der Waals surface area contributed by atoms with Crippen molar-refractivity contribution >= 4 is 17.5 Å². The number of rotatable bonds is 7. The molecular formula is C22H34N4O3. The molecule has 1 aromatic rings. The van der Waals surface area contributed by atoms with Gasteiger partial charge >= 0.3 is 11.8 Å². The molecule has 0 spiro atoms. The molecule has 7 nitrogen and oxygen atoms in total. The van der Waals surface area contributed by atoms with Gasteiger partial charge in [0.05, 0.1) is 12.8 Å². The zero-order valence-corrected chi connectivity index (χ0v) is 17.5. The molecule has 29 heavy (non-hydrogen) atoms. The van der Waals surface area contributed by atoms with E-state index in [1.165, 1.54) is 6.42 Å². The monoisotopic (exact) mass is 402 g/mol. The molecular weight excluding hydrogens is 368 g/mol. The summed E-state index contributed by atoms with van der Waals surface area (Å²) in [4.78, 5) is 28.7. The van der Waals surface area contributed by atoms with Crippen molar-refractivity contribution in [2.75, 3.05) is 51.3 Å². The van der Waals surface area contributed by atoms with E-state index >= 15 is 0 Å². The lowest BCUT2D eigenvalue weighted by Crippen LogP contribution is -2.48. The van der Waals surface area contributed by atoms with Crippen molar-refractivity contribution in [2.24, 2.45) is 0 Å². The molecule has 0 radical (unpaired) electrons. The maximum atomic E-state index is 12.0. The predicted molar refractivity (Wildman–Crippen MR) is 114 cm³/mol. The number of methoxy groups -OCH3 is 1. The van der Waals surface area contributed by atoms with Crippen LogP contribution in [-0.2, 0) is 9.59 Å². The van der Waals surface area contributed by atoms with Crippen LogP contribution in [0.4, 0.5) is 5.69 Å². The largest absolute Gasteiger partial charge is 0.495 e. The Labute approximate surface area is 173 Å². The summed E-state index contributed by atoms with van der Waals surface area (Å²) in [6, 6.07) is 8.29. The van der Waals surface area contributed by atoms with Gasteiger partial charge in [-0.3, -0.25) is 14.5 Å². The van der Waals surface area contributed by atoms with E-state index < -0.39 is 11.8 Å². The second-order valence-electron chi connectivity index (χ2n) is 7.92. The number of anilines is 1. The molecule has 2 fully saturated rings. The van der Waals surface area contributed by atoms with E-state index in [1.54, 1.807) is 7.11 Å². The first-order chi connectivity index (χ1) is 14.2. The quantitative estimate of drug-likeness (QED) is 0.537. The Bertz CT molecular complexity index is 668. The van der Waals surface area contributed by atoms with Gasteiger partial charge in [0.15, 0.2) is 0 Å². The smallest absolute Gasteiger partial charge is 0.309 e. The fourth-order valence-electron chi connectivity index (χ4n) is 4.19. The van der Waals surface area contributed by atoms with Crippen LogP contribution in [0.25, 0.3) is 0 Å². The van der Waals surface area contributed by atoms with Crippen LogP contribution in [0, 0.1) is 0 Å². The fourth-order valence-corrected chi connectivity index (χ4v) is 4.19. The number of nitrogens with one attached hydrogen (secondary N) is 2. The van der Waals surface area contributed by atoms with Crippen molar-refractivity contribution in [1.82, 2.24) is 15.5 Å². The molecule has 1 aliphatic heterocycles. The zero-order valence-electron chi connectivity index (χ0n) is 17.5. The highest BCUT2D eigenvalue weighted by molar-refractivity contribution is 6.35. The van der Waals surface area contributed by atoms with Crippen LogP contribution in [0.15, 0.2) is 24.3 Å². The van der Waals surface area contributed by atoms with Crippen LogP contribution in [0.2, 0.25) is 0 Å². The van der Waals surface area contributed by atoms with Crippen LogP contribution in [-0.4, -0.2) is 69.1 Å². The molecule has 0 aromatic heterocycles. The summed E-state index contributed by atoms with van der Waals surface area (Å²) in [5.74, 6) is -0.0750. The number of amides is 2. The van der Waals surface area contributed by atoms with Crippen molar-refractivity contribution in [2.45, 2.75) is 44.6 Å². The van der Waals surface area contributed by atoms with E-state index in [1.807, 2.05) is 18.2 Å². The molecule has 7 heteroatoms. The number of benzene rings is 1. The van der Waals surface area contributed by atoms with Gasteiger partial charge in [0.2, 0.25) is 0 Å². The molecule has 0 atom stereocenters. The Kier molecular flexibility index (Phi) is 8.16. The van der Waals surface area contributed by atoms with Crippen molar-refractivity contribution in [3.05, 3.63) is 24.3 Å². The van der Waals surface area contributed by atoms with Gasteiger partial charge in [-0.2, -0.15) is 0 Å². The van der Waals surface area contributed by atoms with E-state index in [0.717, 1.165) is 76.3 Å². The molecule has 2 aliphatic rings. The number of carbonyl (C=O) groups is 2. The molecule has 160 valence electrons. The summed E-state index contributed by atoms with van der Waals surface area (Å²) in [6.45, 7) is 5.32. The molecule has 1 saturated carbocycles. The summed E-state index contributed by atoms with van der Waals surface area (Å²) in [5.41, 5.74) is 1.14.